The van der Waals surface area contributed by atoms with Crippen LogP contribution in [0.2, 0.25) is 0 Å². The standard InChI is InChI=1S/C24H31NO/c1-4-12-21-23(20-15-10-7-11-16-20)25-22(19-13-8-6-9-14-19)18(3)24(21,26)17-5-2/h5-11,13-16,18,21-23,25-26H,2,4,12,17H2,1,3H3/t18-,21-,22-,23+,24+/m0/s1. The fourth-order valence-corrected chi connectivity index (χ4v) is 4.70. The first-order valence-corrected chi connectivity index (χ1v) is 9.81. The average molecular weight is 350 g/mol. The number of hydrogen-bond acceptors (Lipinski definition) is 2. The molecule has 2 aromatic rings. The van der Waals surface area contributed by atoms with Gasteiger partial charge in [-0.05, 0) is 24.0 Å². The lowest BCUT2D eigenvalue weighted by molar-refractivity contribution is -0.117. The van der Waals surface area contributed by atoms with E-state index >= 15 is 0 Å². The molecule has 2 nitrogen and oxygen atoms in total. The molecule has 0 spiro atoms. The van der Waals surface area contributed by atoms with Crippen LogP contribution in [0, 0.1) is 11.8 Å². The van der Waals surface area contributed by atoms with Gasteiger partial charge in [-0.3, -0.25) is 0 Å². The first-order valence-electron chi connectivity index (χ1n) is 9.81. The van der Waals surface area contributed by atoms with E-state index < -0.39 is 5.60 Å². The van der Waals surface area contributed by atoms with E-state index in [9.17, 15) is 5.11 Å². The van der Waals surface area contributed by atoms with Crippen LogP contribution in [0.15, 0.2) is 73.3 Å². The van der Waals surface area contributed by atoms with Gasteiger partial charge in [-0.1, -0.05) is 87.0 Å². The predicted octanol–water partition coefficient (Wildman–Crippen LogP) is 5.43. The molecule has 1 heterocycles. The highest BCUT2D eigenvalue weighted by atomic mass is 16.3. The van der Waals surface area contributed by atoms with Crippen LogP contribution in [0.3, 0.4) is 0 Å². The van der Waals surface area contributed by atoms with Crippen molar-refractivity contribution in [1.29, 1.82) is 0 Å². The molecule has 2 heteroatoms. The third-order valence-corrected chi connectivity index (χ3v) is 6.08. The van der Waals surface area contributed by atoms with Crippen molar-refractivity contribution >= 4 is 0 Å². The number of rotatable bonds is 6. The summed E-state index contributed by atoms with van der Waals surface area (Å²) in [6.45, 7) is 8.32. The van der Waals surface area contributed by atoms with Gasteiger partial charge in [0, 0.05) is 23.9 Å². The first-order chi connectivity index (χ1) is 12.6. The molecule has 0 radical (unpaired) electrons. The fraction of sp³-hybridized carbons (Fsp3) is 0.417. The van der Waals surface area contributed by atoms with E-state index in [1.807, 2.05) is 18.2 Å². The molecule has 2 N–H and O–H groups in total. The van der Waals surface area contributed by atoms with Crippen molar-refractivity contribution in [3.8, 4) is 0 Å². The summed E-state index contributed by atoms with van der Waals surface area (Å²) in [6, 6.07) is 21.3. The molecular formula is C24H31NO. The lowest BCUT2D eigenvalue weighted by Crippen LogP contribution is -2.58. The number of nitrogens with one attached hydrogen (secondary N) is 1. The minimum Gasteiger partial charge on any atom is -0.389 e. The minimum atomic E-state index is -0.774. The average Bonchev–Trinajstić information content (AvgIpc) is 2.68. The van der Waals surface area contributed by atoms with Gasteiger partial charge >= 0.3 is 0 Å². The molecule has 1 fully saturated rings. The first kappa shape index (κ1) is 18.9. The molecule has 138 valence electrons. The van der Waals surface area contributed by atoms with E-state index in [0.717, 1.165) is 12.8 Å². The van der Waals surface area contributed by atoms with Crippen LogP contribution in [0.25, 0.3) is 0 Å². The molecule has 2 aromatic carbocycles. The molecule has 26 heavy (non-hydrogen) atoms. The summed E-state index contributed by atoms with van der Waals surface area (Å²) in [5, 5.41) is 15.8. The number of hydrogen-bond donors (Lipinski definition) is 2. The zero-order valence-corrected chi connectivity index (χ0v) is 15.9. The van der Waals surface area contributed by atoms with Gasteiger partial charge < -0.3 is 10.4 Å². The van der Waals surface area contributed by atoms with Gasteiger partial charge in [0.05, 0.1) is 5.60 Å². The third-order valence-electron chi connectivity index (χ3n) is 6.08. The zero-order chi connectivity index (χ0) is 18.6. The highest BCUT2D eigenvalue weighted by molar-refractivity contribution is 5.28. The van der Waals surface area contributed by atoms with Gasteiger partial charge in [-0.25, -0.2) is 0 Å². The molecule has 0 unspecified atom stereocenters. The topological polar surface area (TPSA) is 32.3 Å². The Morgan fingerprint density at radius 1 is 1.00 bits per heavy atom. The molecule has 0 aliphatic carbocycles. The Labute approximate surface area is 158 Å². The SMILES string of the molecule is C=CC[C@@]1(O)[C@@H](C)[C@@H](c2ccccc2)N[C@H](c2ccccc2)[C@@H]1CCC. The van der Waals surface area contributed by atoms with E-state index in [0.29, 0.717) is 6.42 Å². The summed E-state index contributed by atoms with van der Waals surface area (Å²) in [5.74, 6) is 0.252. The largest absolute Gasteiger partial charge is 0.389 e. The van der Waals surface area contributed by atoms with Crippen molar-refractivity contribution in [3.63, 3.8) is 0 Å². The van der Waals surface area contributed by atoms with Crippen molar-refractivity contribution in [1.82, 2.24) is 5.32 Å². The van der Waals surface area contributed by atoms with Crippen LogP contribution >= 0.6 is 0 Å². The highest BCUT2D eigenvalue weighted by Crippen LogP contribution is 2.50. The maximum absolute atomic E-state index is 11.9. The summed E-state index contributed by atoms with van der Waals surface area (Å²) < 4.78 is 0. The predicted molar refractivity (Wildman–Crippen MR) is 109 cm³/mol. The highest BCUT2D eigenvalue weighted by Gasteiger charge is 2.51. The monoisotopic (exact) mass is 349 g/mol. The molecule has 1 saturated heterocycles. The van der Waals surface area contributed by atoms with Crippen LogP contribution in [0.1, 0.15) is 56.3 Å². The summed E-state index contributed by atoms with van der Waals surface area (Å²) in [6.07, 6.45) is 4.54. The van der Waals surface area contributed by atoms with E-state index in [2.05, 4.69) is 74.3 Å². The van der Waals surface area contributed by atoms with Gasteiger partial charge in [-0.15, -0.1) is 6.58 Å². The lowest BCUT2D eigenvalue weighted by Gasteiger charge is -2.53. The molecular weight excluding hydrogens is 318 g/mol. The molecule has 1 aliphatic heterocycles. The summed E-state index contributed by atoms with van der Waals surface area (Å²) in [4.78, 5) is 0. The molecule has 0 bridgehead atoms. The Morgan fingerprint density at radius 2 is 1.54 bits per heavy atom. The van der Waals surface area contributed by atoms with Crippen LogP contribution in [-0.4, -0.2) is 10.7 Å². The fourth-order valence-electron chi connectivity index (χ4n) is 4.70. The van der Waals surface area contributed by atoms with Gasteiger partial charge in [0.15, 0.2) is 0 Å². The van der Waals surface area contributed by atoms with Gasteiger partial charge in [-0.2, -0.15) is 0 Å². The number of aliphatic hydroxyl groups is 1. The number of benzene rings is 2. The quantitative estimate of drug-likeness (QED) is 0.681. The molecule has 0 saturated carbocycles. The Morgan fingerprint density at radius 3 is 2.04 bits per heavy atom. The van der Waals surface area contributed by atoms with Gasteiger partial charge in [0.25, 0.3) is 0 Å². The van der Waals surface area contributed by atoms with Crippen LogP contribution in [-0.2, 0) is 0 Å². The maximum Gasteiger partial charge on any atom is 0.0771 e. The van der Waals surface area contributed by atoms with E-state index in [1.54, 1.807) is 0 Å². The summed E-state index contributed by atoms with van der Waals surface area (Å²) in [5.41, 5.74) is 1.71. The van der Waals surface area contributed by atoms with E-state index in [-0.39, 0.29) is 23.9 Å². The van der Waals surface area contributed by atoms with Crippen molar-refractivity contribution in [3.05, 3.63) is 84.4 Å². The van der Waals surface area contributed by atoms with Crippen molar-refractivity contribution < 1.29 is 5.11 Å². The lowest BCUT2D eigenvalue weighted by atomic mass is 9.63. The summed E-state index contributed by atoms with van der Waals surface area (Å²) in [7, 11) is 0. The zero-order valence-electron chi connectivity index (χ0n) is 15.9. The van der Waals surface area contributed by atoms with E-state index in [4.69, 9.17) is 0 Å². The van der Waals surface area contributed by atoms with Crippen LogP contribution in [0.4, 0.5) is 0 Å². The van der Waals surface area contributed by atoms with Crippen LogP contribution < -0.4 is 5.32 Å². The molecule has 0 aromatic heterocycles. The second kappa shape index (κ2) is 8.20. The molecule has 3 rings (SSSR count). The Kier molecular flexibility index (Phi) is 5.95. The van der Waals surface area contributed by atoms with Crippen molar-refractivity contribution in [2.45, 2.75) is 50.8 Å². The van der Waals surface area contributed by atoms with Gasteiger partial charge in [0.1, 0.15) is 0 Å². The Hall–Kier alpha value is -1.90. The summed E-state index contributed by atoms with van der Waals surface area (Å²) >= 11 is 0. The number of piperidine rings is 1. The van der Waals surface area contributed by atoms with E-state index in [1.165, 1.54) is 11.1 Å². The molecule has 1 aliphatic rings. The third kappa shape index (κ3) is 3.49. The van der Waals surface area contributed by atoms with Crippen LogP contribution in [0.5, 0.6) is 0 Å². The second-order valence-electron chi connectivity index (χ2n) is 7.61. The Bertz CT molecular complexity index is 699. The van der Waals surface area contributed by atoms with Crippen molar-refractivity contribution in [2.24, 2.45) is 11.8 Å². The smallest absolute Gasteiger partial charge is 0.0771 e. The Balaban J connectivity index is 2.07. The maximum atomic E-state index is 11.9. The normalized spacial score (nSPS) is 31.5. The minimum absolute atomic E-state index is 0.0967. The van der Waals surface area contributed by atoms with Crippen molar-refractivity contribution in [2.75, 3.05) is 0 Å². The van der Waals surface area contributed by atoms with Gasteiger partial charge in [0.2, 0.25) is 0 Å². The second-order valence-corrected chi connectivity index (χ2v) is 7.61. The molecule has 0 amide bonds. The molecule has 5 atom stereocenters.